The molecular weight excluding hydrogens is 1120 g/mol. The SMILES string of the molecule is CCCCCCCCCC/C=C\CCCCCCCCCCCCCCCC(=O)NC(COC1OC(CO)C(OC2OC(CO)C(O)C(O)C2O)C(O)C1O)C(O)/C=C/CC/C=C/CC/C=C/CCCCCCCCCCCCCCCCCCCCCC. The van der Waals surface area contributed by atoms with Gasteiger partial charge in [-0.25, -0.2) is 0 Å². The van der Waals surface area contributed by atoms with Crippen LogP contribution in [0.3, 0.4) is 0 Å². The molecule has 9 N–H and O–H groups in total. The van der Waals surface area contributed by atoms with Crippen molar-refractivity contribution >= 4 is 5.91 Å². The lowest BCUT2D eigenvalue weighted by atomic mass is 9.97. The van der Waals surface area contributed by atoms with Gasteiger partial charge in [-0.05, 0) is 70.6 Å². The van der Waals surface area contributed by atoms with Gasteiger partial charge < -0.3 is 65.1 Å². The van der Waals surface area contributed by atoms with Gasteiger partial charge in [-0.15, -0.1) is 0 Å². The van der Waals surface area contributed by atoms with Crippen molar-refractivity contribution in [1.29, 1.82) is 0 Å². The highest BCUT2D eigenvalue weighted by atomic mass is 16.7. The maximum Gasteiger partial charge on any atom is 0.220 e. The summed E-state index contributed by atoms with van der Waals surface area (Å²) in [5, 5.41) is 87.5. The van der Waals surface area contributed by atoms with E-state index in [9.17, 15) is 45.6 Å². The molecule has 1 amide bonds. The van der Waals surface area contributed by atoms with Crippen LogP contribution in [-0.2, 0) is 23.7 Å². The maximum atomic E-state index is 13.3. The minimum absolute atomic E-state index is 0.249. The highest BCUT2D eigenvalue weighted by Gasteiger charge is 2.51. The van der Waals surface area contributed by atoms with E-state index < -0.39 is 86.8 Å². The Morgan fingerprint density at radius 1 is 0.393 bits per heavy atom. The molecule has 522 valence electrons. The monoisotopic (exact) mass is 1260 g/mol. The lowest BCUT2D eigenvalue weighted by Gasteiger charge is -2.46. The molecule has 2 fully saturated rings. The van der Waals surface area contributed by atoms with Gasteiger partial charge >= 0.3 is 0 Å². The summed E-state index contributed by atoms with van der Waals surface area (Å²) in [5.74, 6) is -0.249. The van der Waals surface area contributed by atoms with E-state index in [2.05, 4.69) is 55.6 Å². The molecule has 12 atom stereocenters. The third-order valence-corrected chi connectivity index (χ3v) is 18.2. The van der Waals surface area contributed by atoms with Gasteiger partial charge in [0.2, 0.25) is 5.91 Å². The van der Waals surface area contributed by atoms with Crippen LogP contribution < -0.4 is 5.32 Å². The van der Waals surface area contributed by atoms with Crippen LogP contribution in [0.1, 0.15) is 328 Å². The number of aliphatic hydroxyl groups is 8. The Labute approximate surface area is 543 Å². The fourth-order valence-corrected chi connectivity index (χ4v) is 12.3. The largest absolute Gasteiger partial charge is 0.394 e. The van der Waals surface area contributed by atoms with Crippen molar-refractivity contribution < 1.29 is 64.6 Å². The molecule has 89 heavy (non-hydrogen) atoms. The molecular formula is C75H139NO13. The maximum absolute atomic E-state index is 13.3. The molecule has 2 heterocycles. The molecule has 0 bridgehead atoms. The van der Waals surface area contributed by atoms with E-state index >= 15 is 0 Å². The Bertz CT molecular complexity index is 1680. The molecule has 0 aromatic rings. The van der Waals surface area contributed by atoms with Gasteiger partial charge in [0.25, 0.3) is 0 Å². The fraction of sp³-hybridized carbons (Fsp3) is 0.880. The average molecular weight is 1260 g/mol. The summed E-state index contributed by atoms with van der Waals surface area (Å²) >= 11 is 0. The summed E-state index contributed by atoms with van der Waals surface area (Å²) in [6, 6.07) is -0.940. The van der Waals surface area contributed by atoms with Gasteiger partial charge in [0, 0.05) is 6.42 Å². The van der Waals surface area contributed by atoms with Crippen molar-refractivity contribution in [2.24, 2.45) is 0 Å². The minimum Gasteiger partial charge on any atom is -0.394 e. The summed E-state index contributed by atoms with van der Waals surface area (Å²) in [6.45, 7) is 2.82. The minimum atomic E-state index is -1.79. The predicted octanol–water partition coefficient (Wildman–Crippen LogP) is 15.9. The molecule has 0 aromatic heterocycles. The molecule has 2 aliphatic rings. The van der Waals surface area contributed by atoms with E-state index in [1.165, 1.54) is 250 Å². The highest BCUT2D eigenvalue weighted by molar-refractivity contribution is 5.76. The number of carbonyl (C=O) groups is 1. The van der Waals surface area contributed by atoms with Gasteiger partial charge in [-0.2, -0.15) is 0 Å². The Hall–Kier alpha value is -2.05. The standard InChI is InChI=1S/C75H139NO13/c1-3-5-7-9-11-13-15-17-19-21-23-25-27-29-30-31-32-33-35-36-38-40-42-44-46-48-50-52-54-56-58-64(79)63(62-86-74-72(85)70(83)73(66(61-78)88-74)89-75-71(84)69(82)68(81)65(60-77)87-75)76-67(80)59-57-55-53-51-49-47-45-43-41-39-37-34-28-26-24-22-20-18-16-14-12-10-8-6-4-2/h22,24,40,42,48,50,56,58,63-66,68-75,77-79,81-85H,3-21,23,25-39,41,43-47,49,51-55,57,59-62H2,1-2H3,(H,76,80)/b24-22-,42-40+,50-48+,58-56+. The van der Waals surface area contributed by atoms with Gasteiger partial charge in [-0.3, -0.25) is 4.79 Å². The predicted molar refractivity (Wildman–Crippen MR) is 364 cm³/mol. The zero-order valence-electron chi connectivity index (χ0n) is 56.9. The van der Waals surface area contributed by atoms with Crippen LogP contribution in [0.5, 0.6) is 0 Å². The number of allylic oxidation sites excluding steroid dienone is 7. The zero-order chi connectivity index (χ0) is 64.5. The molecule has 0 spiro atoms. The molecule has 2 rings (SSSR count). The van der Waals surface area contributed by atoms with E-state index in [1.54, 1.807) is 6.08 Å². The number of carbonyl (C=O) groups excluding carboxylic acids is 1. The summed E-state index contributed by atoms with van der Waals surface area (Å²) in [6.07, 6.45) is 61.8. The van der Waals surface area contributed by atoms with Crippen LogP contribution in [0.2, 0.25) is 0 Å². The quantitative estimate of drug-likeness (QED) is 0.0204. The Kier molecular flexibility index (Phi) is 55.7. The Balaban J connectivity index is 1.68. The second-order valence-electron chi connectivity index (χ2n) is 26.4. The van der Waals surface area contributed by atoms with E-state index in [0.29, 0.717) is 12.8 Å². The third-order valence-electron chi connectivity index (χ3n) is 18.2. The molecule has 0 aromatic carbocycles. The van der Waals surface area contributed by atoms with E-state index in [-0.39, 0.29) is 18.9 Å². The number of rotatable bonds is 62. The molecule has 2 saturated heterocycles. The second-order valence-corrected chi connectivity index (χ2v) is 26.4. The lowest BCUT2D eigenvalue weighted by molar-refractivity contribution is -0.359. The number of hydrogen-bond acceptors (Lipinski definition) is 13. The van der Waals surface area contributed by atoms with E-state index in [0.717, 1.165) is 44.9 Å². The molecule has 0 aliphatic carbocycles. The van der Waals surface area contributed by atoms with Crippen molar-refractivity contribution in [2.45, 2.75) is 402 Å². The third kappa shape index (κ3) is 43.5. The number of ether oxygens (including phenoxy) is 4. The highest BCUT2D eigenvalue weighted by Crippen LogP contribution is 2.30. The second kappa shape index (κ2) is 59.7. The number of unbranched alkanes of at least 4 members (excludes halogenated alkanes) is 43. The van der Waals surface area contributed by atoms with Crippen LogP contribution >= 0.6 is 0 Å². The van der Waals surface area contributed by atoms with Crippen LogP contribution in [0, 0.1) is 0 Å². The topological polar surface area (TPSA) is 228 Å². The van der Waals surface area contributed by atoms with Crippen molar-refractivity contribution in [3.63, 3.8) is 0 Å². The first kappa shape index (κ1) is 83.0. The first-order valence-corrected chi connectivity index (χ1v) is 37.4. The van der Waals surface area contributed by atoms with Crippen molar-refractivity contribution in [3.05, 3.63) is 48.6 Å². The average Bonchev–Trinajstić information content (AvgIpc) is 1.37. The van der Waals surface area contributed by atoms with Crippen molar-refractivity contribution in [3.8, 4) is 0 Å². The fourth-order valence-electron chi connectivity index (χ4n) is 12.3. The Morgan fingerprint density at radius 2 is 0.719 bits per heavy atom. The number of hydrogen-bond donors (Lipinski definition) is 9. The molecule has 0 radical (unpaired) electrons. The first-order chi connectivity index (χ1) is 43.6. The summed E-state index contributed by atoms with van der Waals surface area (Å²) < 4.78 is 22.9. The summed E-state index contributed by atoms with van der Waals surface area (Å²) in [4.78, 5) is 13.3. The van der Waals surface area contributed by atoms with E-state index in [1.807, 2.05) is 6.08 Å². The van der Waals surface area contributed by atoms with Crippen LogP contribution in [0.4, 0.5) is 0 Å². The smallest absolute Gasteiger partial charge is 0.220 e. The van der Waals surface area contributed by atoms with Gasteiger partial charge in [-0.1, -0.05) is 300 Å². The lowest BCUT2D eigenvalue weighted by Crippen LogP contribution is -2.65. The van der Waals surface area contributed by atoms with Gasteiger partial charge in [0.05, 0.1) is 32.0 Å². The molecule has 0 saturated carbocycles. The van der Waals surface area contributed by atoms with E-state index in [4.69, 9.17) is 18.9 Å². The van der Waals surface area contributed by atoms with Gasteiger partial charge in [0.15, 0.2) is 12.6 Å². The molecule has 12 unspecified atom stereocenters. The number of amides is 1. The molecule has 14 heteroatoms. The Morgan fingerprint density at radius 3 is 1.10 bits per heavy atom. The normalized spacial score (nSPS) is 23.3. The van der Waals surface area contributed by atoms with Crippen molar-refractivity contribution in [1.82, 2.24) is 5.32 Å². The number of nitrogens with one attached hydrogen (secondary N) is 1. The summed E-state index contributed by atoms with van der Waals surface area (Å²) in [7, 11) is 0. The van der Waals surface area contributed by atoms with Crippen LogP contribution in [0.25, 0.3) is 0 Å². The zero-order valence-corrected chi connectivity index (χ0v) is 56.9. The van der Waals surface area contributed by atoms with Crippen LogP contribution in [0.15, 0.2) is 48.6 Å². The summed E-state index contributed by atoms with van der Waals surface area (Å²) in [5.41, 5.74) is 0. The first-order valence-electron chi connectivity index (χ1n) is 37.4. The van der Waals surface area contributed by atoms with Crippen molar-refractivity contribution in [2.75, 3.05) is 19.8 Å². The number of aliphatic hydroxyl groups excluding tert-OH is 8. The van der Waals surface area contributed by atoms with Crippen LogP contribution in [-0.4, -0.2) is 140 Å². The molecule has 2 aliphatic heterocycles. The van der Waals surface area contributed by atoms with Gasteiger partial charge in [0.1, 0.15) is 48.8 Å². The molecule has 14 nitrogen and oxygen atoms in total.